The molecule has 0 amide bonds. The van der Waals surface area contributed by atoms with Gasteiger partial charge in [0.25, 0.3) is 0 Å². The Balaban J connectivity index is 0.00000208. The molecule has 5 nitrogen and oxygen atoms in total. The molecule has 0 radical (unpaired) electrons. The van der Waals surface area contributed by atoms with Gasteiger partial charge in [-0.2, -0.15) is 0 Å². The molecular formula is C17H26ClN3O2S. The maximum Gasteiger partial charge on any atom is 0.242 e. The highest BCUT2D eigenvalue weighted by atomic mass is 35.5. The van der Waals surface area contributed by atoms with Crippen molar-refractivity contribution in [1.29, 1.82) is 0 Å². The molecule has 0 spiro atoms. The van der Waals surface area contributed by atoms with Gasteiger partial charge in [-0.05, 0) is 51.3 Å². The predicted molar refractivity (Wildman–Crippen MR) is 100 cm³/mol. The van der Waals surface area contributed by atoms with Crippen LogP contribution in [-0.2, 0) is 17.1 Å². The third kappa shape index (κ3) is 3.77. The van der Waals surface area contributed by atoms with Crippen molar-refractivity contribution in [2.45, 2.75) is 31.1 Å². The van der Waals surface area contributed by atoms with Crippen molar-refractivity contribution in [2.75, 3.05) is 19.6 Å². The number of hydrogen-bond acceptors (Lipinski definition) is 3. The fourth-order valence-corrected chi connectivity index (χ4v) is 4.98. The molecule has 1 aromatic heterocycles. The largest absolute Gasteiger partial charge is 0.347 e. The molecule has 1 unspecified atom stereocenters. The van der Waals surface area contributed by atoms with Gasteiger partial charge in [-0.25, -0.2) is 13.1 Å². The van der Waals surface area contributed by atoms with Crippen LogP contribution in [0.5, 0.6) is 0 Å². The van der Waals surface area contributed by atoms with E-state index in [1.807, 2.05) is 42.8 Å². The fraction of sp³-hybridized carbons (Fsp3) is 0.529. The topological polar surface area (TPSA) is 63.1 Å². The molecule has 0 saturated carbocycles. The number of nitrogens with one attached hydrogen (secondary N) is 2. The Morgan fingerprint density at radius 1 is 1.33 bits per heavy atom. The van der Waals surface area contributed by atoms with Gasteiger partial charge in [0.2, 0.25) is 10.0 Å². The third-order valence-electron chi connectivity index (χ3n) is 4.85. The number of halogens is 1. The smallest absolute Gasteiger partial charge is 0.242 e. The van der Waals surface area contributed by atoms with Crippen LogP contribution in [0, 0.1) is 12.8 Å². The van der Waals surface area contributed by atoms with Gasteiger partial charge in [0.1, 0.15) is 4.90 Å². The SMILES string of the molecule is Cc1c(S(=O)(=O)NCCC2CCCNC2)c2ccccc2n1C.Cl. The average Bonchev–Trinajstić information content (AvgIpc) is 2.81. The molecule has 1 aromatic carbocycles. The van der Waals surface area contributed by atoms with Crippen LogP contribution in [0.4, 0.5) is 0 Å². The summed E-state index contributed by atoms with van der Waals surface area (Å²) in [5, 5.41) is 4.16. The molecule has 0 aliphatic carbocycles. The van der Waals surface area contributed by atoms with Crippen LogP contribution >= 0.6 is 12.4 Å². The molecule has 3 rings (SSSR count). The van der Waals surface area contributed by atoms with Crippen LogP contribution in [0.2, 0.25) is 0 Å². The van der Waals surface area contributed by atoms with Crippen LogP contribution in [0.3, 0.4) is 0 Å². The normalized spacial score (nSPS) is 18.5. The monoisotopic (exact) mass is 371 g/mol. The summed E-state index contributed by atoms with van der Waals surface area (Å²) >= 11 is 0. The van der Waals surface area contributed by atoms with Crippen molar-refractivity contribution in [3.8, 4) is 0 Å². The lowest BCUT2D eigenvalue weighted by molar-refractivity contribution is 0.358. The number of sulfonamides is 1. The van der Waals surface area contributed by atoms with Gasteiger partial charge in [-0.3, -0.25) is 0 Å². The maximum atomic E-state index is 12.8. The fourth-order valence-electron chi connectivity index (χ4n) is 3.47. The minimum absolute atomic E-state index is 0. The molecule has 2 heterocycles. The van der Waals surface area contributed by atoms with E-state index in [2.05, 4.69) is 10.0 Å². The standard InChI is InChI=1S/C17H25N3O2S.ClH/c1-13-17(15-7-3-4-8-16(15)20(13)2)23(21,22)19-11-9-14-6-5-10-18-12-14;/h3-4,7-8,14,18-19H,5-6,9-12H2,1-2H3;1H. The highest BCUT2D eigenvalue weighted by Crippen LogP contribution is 2.28. The second-order valence-corrected chi connectivity index (χ2v) is 8.09. The lowest BCUT2D eigenvalue weighted by atomic mass is 9.96. The molecule has 134 valence electrons. The van der Waals surface area contributed by atoms with Gasteiger partial charge in [-0.1, -0.05) is 18.2 Å². The van der Waals surface area contributed by atoms with Crippen molar-refractivity contribution in [2.24, 2.45) is 13.0 Å². The van der Waals surface area contributed by atoms with Crippen LogP contribution in [0.25, 0.3) is 10.9 Å². The lowest BCUT2D eigenvalue weighted by Gasteiger charge is -2.22. The molecule has 2 aromatic rings. The van der Waals surface area contributed by atoms with E-state index < -0.39 is 10.0 Å². The van der Waals surface area contributed by atoms with E-state index in [1.165, 1.54) is 12.8 Å². The van der Waals surface area contributed by atoms with Crippen LogP contribution in [0.15, 0.2) is 29.2 Å². The second kappa shape index (κ2) is 7.87. The zero-order valence-electron chi connectivity index (χ0n) is 14.2. The first-order chi connectivity index (χ1) is 11.0. The number of benzene rings is 1. The van der Waals surface area contributed by atoms with Crippen molar-refractivity contribution in [3.05, 3.63) is 30.0 Å². The summed E-state index contributed by atoms with van der Waals surface area (Å²) in [6.07, 6.45) is 3.25. The van der Waals surface area contributed by atoms with E-state index in [4.69, 9.17) is 0 Å². The average molecular weight is 372 g/mol. The van der Waals surface area contributed by atoms with Gasteiger partial charge >= 0.3 is 0 Å². The van der Waals surface area contributed by atoms with Crippen LogP contribution in [-0.4, -0.2) is 32.6 Å². The van der Waals surface area contributed by atoms with Gasteiger partial charge in [0.05, 0.1) is 0 Å². The number of aryl methyl sites for hydroxylation is 1. The quantitative estimate of drug-likeness (QED) is 0.849. The van der Waals surface area contributed by atoms with Crippen molar-refractivity contribution in [1.82, 2.24) is 14.6 Å². The third-order valence-corrected chi connectivity index (χ3v) is 6.49. The van der Waals surface area contributed by atoms with Crippen molar-refractivity contribution >= 4 is 33.3 Å². The van der Waals surface area contributed by atoms with E-state index >= 15 is 0 Å². The summed E-state index contributed by atoms with van der Waals surface area (Å²) < 4.78 is 30.3. The van der Waals surface area contributed by atoms with E-state index in [-0.39, 0.29) is 12.4 Å². The Bertz CT molecular complexity index is 796. The number of para-hydroxylation sites is 1. The number of aromatic nitrogens is 1. The maximum absolute atomic E-state index is 12.8. The molecule has 1 aliphatic heterocycles. The summed E-state index contributed by atoms with van der Waals surface area (Å²) in [7, 11) is -1.58. The van der Waals surface area contributed by atoms with Gasteiger partial charge in [-0.15, -0.1) is 12.4 Å². The number of nitrogens with zero attached hydrogens (tertiary/aromatic N) is 1. The van der Waals surface area contributed by atoms with Crippen LogP contribution < -0.4 is 10.0 Å². The number of fused-ring (bicyclic) bond motifs is 1. The first kappa shape index (κ1) is 19.2. The Morgan fingerprint density at radius 2 is 2.08 bits per heavy atom. The zero-order valence-corrected chi connectivity index (χ0v) is 15.8. The van der Waals surface area contributed by atoms with Crippen molar-refractivity contribution in [3.63, 3.8) is 0 Å². The van der Waals surface area contributed by atoms with Gasteiger partial charge < -0.3 is 9.88 Å². The molecule has 0 bridgehead atoms. The molecule has 1 saturated heterocycles. The van der Waals surface area contributed by atoms with E-state index in [0.29, 0.717) is 17.4 Å². The highest BCUT2D eigenvalue weighted by molar-refractivity contribution is 7.89. The summed E-state index contributed by atoms with van der Waals surface area (Å²) in [4.78, 5) is 0.414. The first-order valence-electron chi connectivity index (χ1n) is 8.25. The minimum atomic E-state index is -3.49. The molecular weight excluding hydrogens is 346 g/mol. The molecule has 2 N–H and O–H groups in total. The van der Waals surface area contributed by atoms with Gasteiger partial charge in [0.15, 0.2) is 0 Å². The minimum Gasteiger partial charge on any atom is -0.347 e. The highest BCUT2D eigenvalue weighted by Gasteiger charge is 2.24. The van der Waals surface area contributed by atoms with Gasteiger partial charge in [0, 0.05) is 30.2 Å². The second-order valence-electron chi connectivity index (χ2n) is 6.39. The number of piperidine rings is 1. The van der Waals surface area contributed by atoms with E-state index in [9.17, 15) is 8.42 Å². The first-order valence-corrected chi connectivity index (χ1v) is 9.73. The zero-order chi connectivity index (χ0) is 16.4. The molecule has 1 aliphatic rings. The molecule has 24 heavy (non-hydrogen) atoms. The molecule has 7 heteroatoms. The summed E-state index contributed by atoms with van der Waals surface area (Å²) in [5.41, 5.74) is 1.72. The molecule has 1 atom stereocenters. The van der Waals surface area contributed by atoms with E-state index in [0.717, 1.165) is 36.1 Å². The van der Waals surface area contributed by atoms with E-state index in [1.54, 1.807) is 0 Å². The Hall–Kier alpha value is -1.08. The molecule has 1 fully saturated rings. The summed E-state index contributed by atoms with van der Waals surface area (Å²) in [6, 6.07) is 7.65. The van der Waals surface area contributed by atoms with Crippen LogP contribution in [0.1, 0.15) is 25.0 Å². The Labute approximate surface area is 150 Å². The Morgan fingerprint density at radius 3 is 2.79 bits per heavy atom. The Kier molecular flexibility index (Phi) is 6.31. The number of rotatable bonds is 5. The van der Waals surface area contributed by atoms with Crippen molar-refractivity contribution < 1.29 is 8.42 Å². The number of hydrogen-bond donors (Lipinski definition) is 2. The predicted octanol–water partition coefficient (Wildman–Crippen LogP) is 2.58. The summed E-state index contributed by atoms with van der Waals surface area (Å²) in [5.74, 6) is 0.570. The lowest BCUT2D eigenvalue weighted by Crippen LogP contribution is -2.33. The summed E-state index contributed by atoms with van der Waals surface area (Å²) in [6.45, 7) is 4.43.